The number of rotatable bonds is 4. The summed E-state index contributed by atoms with van der Waals surface area (Å²) in [6.07, 6.45) is 2.84. The number of hydrogen-bond donors (Lipinski definition) is 0. The van der Waals surface area contributed by atoms with Crippen molar-refractivity contribution in [3.8, 4) is 5.75 Å². The second kappa shape index (κ2) is 5.07. The Morgan fingerprint density at radius 3 is 2.85 bits per heavy atom. The largest absolute Gasteiger partial charge is 0.492 e. The van der Waals surface area contributed by atoms with Gasteiger partial charge in [-0.2, -0.15) is 0 Å². The van der Waals surface area contributed by atoms with Crippen molar-refractivity contribution in [2.24, 2.45) is 0 Å². The van der Waals surface area contributed by atoms with Crippen LogP contribution in [0.5, 0.6) is 5.75 Å². The quantitative estimate of drug-likeness (QED) is 0.777. The molecule has 1 rings (SSSR count). The molecule has 0 aliphatic rings. The molecule has 1 aromatic rings. The molecule has 0 aliphatic carbocycles. The van der Waals surface area contributed by atoms with Crippen LogP contribution in [0.15, 0.2) is 29.3 Å². The van der Waals surface area contributed by atoms with Crippen molar-refractivity contribution in [1.29, 1.82) is 0 Å². The lowest BCUT2D eigenvalue weighted by Gasteiger charge is -2.06. The molecular weight excluding hydrogens is 228 g/mol. The molecule has 0 amide bonds. The second-order valence-corrected chi connectivity index (χ2v) is 3.60. The third-order valence-corrected chi connectivity index (χ3v) is 2.27. The molecule has 0 saturated carbocycles. The van der Waals surface area contributed by atoms with Crippen LogP contribution in [0.3, 0.4) is 0 Å². The Kier molecular flexibility index (Phi) is 4.03. The monoisotopic (exact) mass is 240 g/mol. The van der Waals surface area contributed by atoms with Gasteiger partial charge in [0.1, 0.15) is 5.75 Å². The highest BCUT2D eigenvalue weighted by Crippen LogP contribution is 2.26. The van der Waals surface area contributed by atoms with Crippen molar-refractivity contribution in [3.63, 3.8) is 0 Å². The Morgan fingerprint density at radius 1 is 1.54 bits per heavy atom. The van der Waals surface area contributed by atoms with Crippen molar-refractivity contribution < 1.29 is 4.74 Å². The molecule has 0 bridgehead atoms. The summed E-state index contributed by atoms with van der Waals surface area (Å²) >= 11 is 3.45. The zero-order chi connectivity index (χ0) is 9.68. The van der Waals surface area contributed by atoms with E-state index in [9.17, 15) is 0 Å². The lowest BCUT2D eigenvalue weighted by atomic mass is 10.2. The molecule has 0 N–H and O–H groups in total. The highest BCUT2D eigenvalue weighted by molar-refractivity contribution is 9.10. The first-order chi connectivity index (χ1) is 6.27. The molecule has 0 spiro atoms. The van der Waals surface area contributed by atoms with Crippen molar-refractivity contribution in [1.82, 2.24) is 0 Å². The van der Waals surface area contributed by atoms with Gasteiger partial charge in [-0.25, -0.2) is 0 Å². The molecule has 2 heteroatoms. The minimum absolute atomic E-state index is 0.756. The maximum atomic E-state index is 5.50. The maximum Gasteiger partial charge on any atom is 0.133 e. The number of benzene rings is 1. The van der Waals surface area contributed by atoms with Crippen LogP contribution in [0.2, 0.25) is 0 Å². The van der Waals surface area contributed by atoms with Crippen LogP contribution < -0.4 is 4.74 Å². The number of ether oxygens (including phenoxy) is 1. The Balaban J connectivity index is 2.79. The van der Waals surface area contributed by atoms with Gasteiger partial charge in [-0.3, -0.25) is 0 Å². The lowest BCUT2D eigenvalue weighted by molar-refractivity contribution is 0.315. The minimum Gasteiger partial charge on any atom is -0.492 e. The van der Waals surface area contributed by atoms with E-state index in [-0.39, 0.29) is 0 Å². The minimum atomic E-state index is 0.756. The fourth-order valence-corrected chi connectivity index (χ4v) is 1.48. The van der Waals surface area contributed by atoms with Gasteiger partial charge in [0.15, 0.2) is 0 Å². The van der Waals surface area contributed by atoms with E-state index in [1.54, 1.807) is 0 Å². The van der Waals surface area contributed by atoms with Crippen LogP contribution in [0, 0.1) is 0 Å². The zero-order valence-electron chi connectivity index (χ0n) is 7.72. The molecule has 1 aromatic carbocycles. The van der Waals surface area contributed by atoms with E-state index in [4.69, 9.17) is 4.74 Å². The van der Waals surface area contributed by atoms with E-state index in [1.807, 2.05) is 24.3 Å². The van der Waals surface area contributed by atoms with Gasteiger partial charge in [-0.1, -0.05) is 25.6 Å². The highest BCUT2D eigenvalue weighted by atomic mass is 79.9. The molecule has 0 fully saturated rings. The molecule has 1 nitrogen and oxygen atoms in total. The normalized spacial score (nSPS) is 9.69. The predicted octanol–water partition coefficient (Wildman–Crippen LogP) is 3.88. The predicted molar refractivity (Wildman–Crippen MR) is 60.0 cm³/mol. The van der Waals surface area contributed by atoms with Gasteiger partial charge in [0, 0.05) is 0 Å². The van der Waals surface area contributed by atoms with E-state index in [0.717, 1.165) is 28.8 Å². The van der Waals surface area contributed by atoms with E-state index < -0.39 is 0 Å². The average molecular weight is 241 g/mol. The Morgan fingerprint density at radius 2 is 2.31 bits per heavy atom. The van der Waals surface area contributed by atoms with Gasteiger partial charge in [0.05, 0.1) is 11.1 Å². The standard InChI is InChI=1S/C11H13BrO/c1-3-7-13-11-6-5-9(4-2)8-10(11)12/h4-6,8H,2-3,7H2,1H3. The van der Waals surface area contributed by atoms with Crippen LogP contribution in [-0.4, -0.2) is 6.61 Å². The molecule has 0 unspecified atom stereocenters. The molecule has 70 valence electrons. The third kappa shape index (κ3) is 2.88. The summed E-state index contributed by atoms with van der Waals surface area (Å²) in [5.74, 6) is 0.896. The summed E-state index contributed by atoms with van der Waals surface area (Å²) in [6.45, 7) is 6.55. The van der Waals surface area contributed by atoms with Crippen molar-refractivity contribution >= 4 is 22.0 Å². The molecular formula is C11H13BrO. The summed E-state index contributed by atoms with van der Waals surface area (Å²) in [5.41, 5.74) is 1.09. The molecule has 0 atom stereocenters. The van der Waals surface area contributed by atoms with Gasteiger partial charge in [-0.05, 0) is 40.0 Å². The first-order valence-electron chi connectivity index (χ1n) is 4.32. The van der Waals surface area contributed by atoms with E-state index >= 15 is 0 Å². The van der Waals surface area contributed by atoms with E-state index in [1.165, 1.54) is 0 Å². The topological polar surface area (TPSA) is 9.23 Å². The first kappa shape index (κ1) is 10.3. The van der Waals surface area contributed by atoms with Crippen LogP contribution in [0.4, 0.5) is 0 Å². The molecule has 0 aliphatic heterocycles. The fraction of sp³-hybridized carbons (Fsp3) is 0.273. The fourth-order valence-electron chi connectivity index (χ4n) is 0.973. The van der Waals surface area contributed by atoms with Gasteiger partial charge >= 0.3 is 0 Å². The van der Waals surface area contributed by atoms with Crippen LogP contribution in [0.1, 0.15) is 18.9 Å². The van der Waals surface area contributed by atoms with Crippen molar-refractivity contribution in [2.45, 2.75) is 13.3 Å². The van der Waals surface area contributed by atoms with Crippen LogP contribution in [0.25, 0.3) is 6.08 Å². The highest BCUT2D eigenvalue weighted by Gasteiger charge is 1.99. The summed E-state index contributed by atoms with van der Waals surface area (Å²) in [4.78, 5) is 0. The first-order valence-corrected chi connectivity index (χ1v) is 5.12. The Labute approximate surface area is 87.5 Å². The van der Waals surface area contributed by atoms with Gasteiger partial charge in [0.25, 0.3) is 0 Å². The van der Waals surface area contributed by atoms with Crippen LogP contribution in [-0.2, 0) is 0 Å². The van der Waals surface area contributed by atoms with E-state index in [2.05, 4.69) is 29.4 Å². The summed E-state index contributed by atoms with van der Waals surface area (Å²) in [7, 11) is 0. The zero-order valence-corrected chi connectivity index (χ0v) is 9.30. The molecule has 13 heavy (non-hydrogen) atoms. The Bertz CT molecular complexity index is 294. The number of halogens is 1. The molecule has 0 heterocycles. The second-order valence-electron chi connectivity index (χ2n) is 2.74. The third-order valence-electron chi connectivity index (χ3n) is 1.65. The molecule has 0 aromatic heterocycles. The Hall–Kier alpha value is -0.760. The van der Waals surface area contributed by atoms with Gasteiger partial charge in [0.2, 0.25) is 0 Å². The smallest absolute Gasteiger partial charge is 0.133 e. The maximum absolute atomic E-state index is 5.50. The number of hydrogen-bond acceptors (Lipinski definition) is 1. The van der Waals surface area contributed by atoms with E-state index in [0.29, 0.717) is 0 Å². The van der Waals surface area contributed by atoms with Crippen molar-refractivity contribution in [2.75, 3.05) is 6.61 Å². The molecule has 0 saturated heterocycles. The molecule has 0 radical (unpaired) electrons. The van der Waals surface area contributed by atoms with Crippen molar-refractivity contribution in [3.05, 3.63) is 34.8 Å². The van der Waals surface area contributed by atoms with Crippen LogP contribution >= 0.6 is 15.9 Å². The summed E-state index contributed by atoms with van der Waals surface area (Å²) < 4.78 is 6.49. The average Bonchev–Trinajstić information content (AvgIpc) is 2.16. The van der Waals surface area contributed by atoms with Gasteiger partial charge in [-0.15, -0.1) is 0 Å². The summed E-state index contributed by atoms with van der Waals surface area (Å²) in [5, 5.41) is 0. The summed E-state index contributed by atoms with van der Waals surface area (Å²) in [6, 6.07) is 5.94. The van der Waals surface area contributed by atoms with Gasteiger partial charge < -0.3 is 4.74 Å². The SMILES string of the molecule is C=Cc1ccc(OCCC)c(Br)c1. The lowest BCUT2D eigenvalue weighted by Crippen LogP contribution is -1.95.